The van der Waals surface area contributed by atoms with Crippen LogP contribution in [0, 0.1) is 6.92 Å². The molecule has 3 heterocycles. The maximum Gasteiger partial charge on any atom is 0.274 e. The molecule has 0 unspecified atom stereocenters. The van der Waals surface area contributed by atoms with E-state index in [0.717, 1.165) is 11.1 Å². The van der Waals surface area contributed by atoms with Crippen LogP contribution in [0.25, 0.3) is 17.1 Å². The number of hydrogen-bond donors (Lipinski definition) is 2. The highest BCUT2D eigenvalue weighted by atomic mass is 19.3. The van der Waals surface area contributed by atoms with Crippen molar-refractivity contribution < 1.29 is 27.9 Å². The van der Waals surface area contributed by atoms with Crippen LogP contribution in [0.3, 0.4) is 0 Å². The van der Waals surface area contributed by atoms with Crippen LogP contribution in [0.1, 0.15) is 60.0 Å². The van der Waals surface area contributed by atoms with Crippen LogP contribution in [-0.2, 0) is 11.3 Å². The first-order valence-corrected chi connectivity index (χ1v) is 11.9. The molecule has 0 radical (unpaired) electrons. The van der Waals surface area contributed by atoms with Crippen molar-refractivity contribution in [2.45, 2.75) is 57.7 Å². The zero-order valence-electron chi connectivity index (χ0n) is 20.7. The van der Waals surface area contributed by atoms with Crippen molar-refractivity contribution in [3.8, 4) is 11.5 Å². The summed E-state index contributed by atoms with van der Waals surface area (Å²) >= 11 is 0. The molecule has 0 atom stereocenters. The zero-order chi connectivity index (χ0) is 26.4. The number of hydrogen-bond acceptors (Lipinski definition) is 7. The number of fused-ring (bicyclic) bond motifs is 1. The lowest BCUT2D eigenvalue weighted by atomic mass is 9.81. The lowest BCUT2D eigenvalue weighted by molar-refractivity contribution is -0.0888. The third-order valence-electron chi connectivity index (χ3n) is 6.16. The monoisotopic (exact) mass is 511 g/mol. The smallest absolute Gasteiger partial charge is 0.274 e. The predicted molar refractivity (Wildman–Crippen MR) is 130 cm³/mol. The fraction of sp³-hybridized carbons (Fsp3) is 0.385. The number of aliphatic hydroxyl groups is 1. The summed E-state index contributed by atoms with van der Waals surface area (Å²) < 4.78 is 38.9. The molecule has 1 aliphatic carbocycles. The number of alkyl halides is 2. The van der Waals surface area contributed by atoms with Crippen molar-refractivity contribution >= 4 is 17.2 Å². The number of halogens is 2. The van der Waals surface area contributed by atoms with Crippen LogP contribution in [0.5, 0.6) is 0 Å². The van der Waals surface area contributed by atoms with Crippen molar-refractivity contribution in [2.75, 3.05) is 11.9 Å². The summed E-state index contributed by atoms with van der Waals surface area (Å²) in [6.07, 6.45) is 2.67. The summed E-state index contributed by atoms with van der Waals surface area (Å²) in [7, 11) is 0. The Morgan fingerprint density at radius 3 is 2.81 bits per heavy atom. The molecule has 11 heteroatoms. The number of carbonyl (C=O) groups is 1. The fourth-order valence-corrected chi connectivity index (χ4v) is 4.14. The molecule has 9 nitrogen and oxygen atoms in total. The Hall–Kier alpha value is -3.70. The van der Waals surface area contributed by atoms with Gasteiger partial charge in [0.15, 0.2) is 5.82 Å². The number of amides is 1. The Kier molecular flexibility index (Phi) is 6.28. The number of carbonyl (C=O) groups excluding carboxylic acids is 1. The first-order chi connectivity index (χ1) is 17.5. The number of pyridine rings is 1. The standard InChI is InChI=1S/C26H27F2N5O4/c1-15-4-5-17(24-31-22(32-37-24)18-10-26(27,28)11-18)9-19(15)30-23(34)20-12-29-21-8-16(6-7-33(20)21)13-36-14-25(2,3)35/h4-9,12,18,35H,10-11,13-14H2,1-3H3,(H,30,34). The first-order valence-electron chi connectivity index (χ1n) is 11.9. The van der Waals surface area contributed by atoms with Gasteiger partial charge in [-0.1, -0.05) is 11.2 Å². The summed E-state index contributed by atoms with van der Waals surface area (Å²) in [5.74, 6) is -2.98. The number of aromatic nitrogens is 4. The van der Waals surface area contributed by atoms with Gasteiger partial charge in [-0.15, -0.1) is 0 Å². The molecule has 1 aliphatic rings. The quantitative estimate of drug-likeness (QED) is 0.351. The summed E-state index contributed by atoms with van der Waals surface area (Å²) in [6, 6.07) is 8.93. The molecule has 0 spiro atoms. The van der Waals surface area contributed by atoms with Crippen LogP contribution >= 0.6 is 0 Å². The van der Waals surface area contributed by atoms with Crippen molar-refractivity contribution in [2.24, 2.45) is 0 Å². The van der Waals surface area contributed by atoms with E-state index in [1.807, 2.05) is 19.1 Å². The van der Waals surface area contributed by atoms with Gasteiger partial charge in [0.25, 0.3) is 11.8 Å². The molecule has 5 rings (SSSR count). The largest absolute Gasteiger partial charge is 0.388 e. The van der Waals surface area contributed by atoms with Crippen LogP contribution in [0.2, 0.25) is 0 Å². The predicted octanol–water partition coefficient (Wildman–Crippen LogP) is 4.75. The van der Waals surface area contributed by atoms with Crippen molar-refractivity contribution in [1.82, 2.24) is 19.5 Å². The SMILES string of the molecule is Cc1ccc(-c2nc(C3CC(F)(F)C3)no2)cc1NC(=O)c1cnc2cc(COCC(C)(C)O)ccn12. The average Bonchev–Trinajstić information content (AvgIpc) is 3.45. The normalized spacial score (nSPS) is 15.6. The Morgan fingerprint density at radius 2 is 2.08 bits per heavy atom. The van der Waals surface area contributed by atoms with Gasteiger partial charge in [-0.2, -0.15) is 4.98 Å². The summed E-state index contributed by atoms with van der Waals surface area (Å²) in [5, 5.41) is 16.6. The van der Waals surface area contributed by atoms with E-state index in [1.165, 1.54) is 6.20 Å². The number of nitrogens with zero attached hydrogens (tertiary/aromatic N) is 4. The lowest BCUT2D eigenvalue weighted by Crippen LogP contribution is -2.34. The number of benzene rings is 1. The molecular formula is C26H27F2N5O4. The fourth-order valence-electron chi connectivity index (χ4n) is 4.14. The molecule has 37 heavy (non-hydrogen) atoms. The average molecular weight is 512 g/mol. The molecule has 4 aromatic rings. The molecule has 1 amide bonds. The maximum atomic E-state index is 13.2. The van der Waals surface area contributed by atoms with Gasteiger partial charge in [-0.25, -0.2) is 13.8 Å². The topological polar surface area (TPSA) is 115 Å². The summed E-state index contributed by atoms with van der Waals surface area (Å²) in [6.45, 7) is 5.70. The van der Waals surface area contributed by atoms with Gasteiger partial charge >= 0.3 is 0 Å². The van der Waals surface area contributed by atoms with E-state index in [0.29, 0.717) is 29.2 Å². The van der Waals surface area contributed by atoms with Crippen LogP contribution in [0.15, 0.2) is 47.2 Å². The highest BCUT2D eigenvalue weighted by Crippen LogP contribution is 2.47. The van der Waals surface area contributed by atoms with Gasteiger partial charge in [0.2, 0.25) is 5.92 Å². The Balaban J connectivity index is 1.30. The molecule has 1 saturated carbocycles. The molecule has 1 fully saturated rings. The summed E-state index contributed by atoms with van der Waals surface area (Å²) in [4.78, 5) is 21.7. The van der Waals surface area contributed by atoms with Gasteiger partial charge < -0.3 is 19.7 Å². The van der Waals surface area contributed by atoms with E-state index < -0.39 is 17.4 Å². The molecule has 1 aromatic carbocycles. The number of nitrogens with one attached hydrogen (secondary N) is 1. The minimum atomic E-state index is -2.67. The zero-order valence-corrected chi connectivity index (χ0v) is 20.7. The highest BCUT2D eigenvalue weighted by molar-refractivity contribution is 6.04. The second kappa shape index (κ2) is 9.31. The van der Waals surface area contributed by atoms with Gasteiger partial charge in [0.1, 0.15) is 11.3 Å². The van der Waals surface area contributed by atoms with Crippen LogP contribution in [-0.4, -0.2) is 48.7 Å². The number of ether oxygens (including phenoxy) is 1. The molecular weight excluding hydrogens is 484 g/mol. The van der Waals surface area contributed by atoms with E-state index >= 15 is 0 Å². The minimum Gasteiger partial charge on any atom is -0.388 e. The van der Waals surface area contributed by atoms with Crippen molar-refractivity contribution in [3.63, 3.8) is 0 Å². The van der Waals surface area contributed by atoms with E-state index in [4.69, 9.17) is 9.26 Å². The minimum absolute atomic E-state index is 0.195. The van der Waals surface area contributed by atoms with Crippen LogP contribution < -0.4 is 5.32 Å². The van der Waals surface area contributed by atoms with E-state index in [-0.39, 0.29) is 37.1 Å². The lowest BCUT2D eigenvalue weighted by Gasteiger charge is -2.32. The van der Waals surface area contributed by atoms with E-state index in [1.54, 1.807) is 42.6 Å². The molecule has 2 N–H and O–H groups in total. The third kappa shape index (κ3) is 5.52. The van der Waals surface area contributed by atoms with Gasteiger partial charge in [-0.3, -0.25) is 9.20 Å². The number of aryl methyl sites for hydroxylation is 1. The Labute approximate surface area is 211 Å². The van der Waals surface area contributed by atoms with Crippen molar-refractivity contribution in [3.05, 3.63) is 65.4 Å². The van der Waals surface area contributed by atoms with Crippen molar-refractivity contribution in [1.29, 1.82) is 0 Å². The first kappa shape index (κ1) is 25.0. The molecule has 0 bridgehead atoms. The highest BCUT2D eigenvalue weighted by Gasteiger charge is 2.48. The second-order valence-electron chi connectivity index (χ2n) is 10.1. The van der Waals surface area contributed by atoms with Gasteiger partial charge in [-0.05, 0) is 56.2 Å². The molecule has 194 valence electrons. The number of imidazole rings is 1. The molecule has 3 aromatic heterocycles. The van der Waals surface area contributed by atoms with E-state index in [2.05, 4.69) is 20.4 Å². The number of rotatable bonds is 8. The van der Waals surface area contributed by atoms with Crippen LogP contribution in [0.4, 0.5) is 14.5 Å². The van der Waals surface area contributed by atoms with Gasteiger partial charge in [0, 0.05) is 36.2 Å². The third-order valence-corrected chi connectivity index (χ3v) is 6.16. The number of anilines is 1. The Bertz CT molecular complexity index is 1450. The van der Waals surface area contributed by atoms with E-state index in [9.17, 15) is 18.7 Å². The Morgan fingerprint density at radius 1 is 1.30 bits per heavy atom. The summed E-state index contributed by atoms with van der Waals surface area (Å²) in [5.41, 5.74) is 2.80. The molecule has 0 aliphatic heterocycles. The maximum absolute atomic E-state index is 13.2. The molecule has 0 saturated heterocycles. The van der Waals surface area contributed by atoms with Gasteiger partial charge in [0.05, 0.1) is 25.0 Å². The second-order valence-corrected chi connectivity index (χ2v) is 10.1.